The van der Waals surface area contributed by atoms with E-state index in [1.54, 1.807) is 63.2 Å². The Kier molecular flexibility index (Phi) is 5.11. The number of nitrogens with zero attached hydrogens (tertiary/aromatic N) is 1. The third kappa shape index (κ3) is 4.22. The molecule has 142 valence electrons. The second-order valence-electron chi connectivity index (χ2n) is 7.45. The summed E-state index contributed by atoms with van der Waals surface area (Å²) in [6.07, 6.45) is 0. The third-order valence-corrected chi connectivity index (χ3v) is 4.49. The molecule has 2 aromatic rings. The number of fused-ring (bicyclic) bond motifs is 2. The van der Waals surface area contributed by atoms with Gasteiger partial charge in [-0.15, -0.1) is 0 Å². The molecule has 0 amide bonds. The minimum absolute atomic E-state index is 0.414. The van der Waals surface area contributed by atoms with Crippen LogP contribution in [-0.2, 0) is 9.53 Å². The minimum Gasteiger partial charge on any atom is -0.459 e. The van der Waals surface area contributed by atoms with E-state index in [1.165, 1.54) is 0 Å². The number of para-hydroxylation sites is 1. The molecule has 0 fully saturated rings. The van der Waals surface area contributed by atoms with Crippen LogP contribution in [0.2, 0.25) is 5.02 Å². The van der Waals surface area contributed by atoms with Crippen LogP contribution < -0.4 is 4.74 Å². The van der Waals surface area contributed by atoms with Gasteiger partial charge in [-0.25, -0.2) is 0 Å². The molecule has 1 aliphatic rings. The Hall–Kier alpha value is -2.60. The highest BCUT2D eigenvalue weighted by Crippen LogP contribution is 2.47. The molecule has 7 heteroatoms. The number of hydrogen-bond donors (Lipinski definition) is 0. The predicted octanol–water partition coefficient (Wildman–Crippen LogP) is 4.93. The van der Waals surface area contributed by atoms with E-state index in [0.29, 0.717) is 27.6 Å². The second kappa shape index (κ2) is 7.19. The van der Waals surface area contributed by atoms with Crippen molar-refractivity contribution in [1.82, 2.24) is 0 Å². The van der Waals surface area contributed by atoms with Crippen LogP contribution in [0.15, 0.2) is 42.5 Å². The smallest absolute Gasteiger partial charge is 0.314 e. The first kappa shape index (κ1) is 19.2. The Morgan fingerprint density at radius 1 is 1.19 bits per heavy atom. The summed E-state index contributed by atoms with van der Waals surface area (Å²) in [6.45, 7) is 4.84. The van der Waals surface area contributed by atoms with E-state index in [4.69, 9.17) is 21.1 Å². The highest BCUT2D eigenvalue weighted by molar-refractivity contribution is 6.30. The van der Waals surface area contributed by atoms with E-state index in [0.717, 1.165) is 0 Å². The van der Waals surface area contributed by atoms with Crippen LogP contribution >= 0.6 is 11.6 Å². The van der Waals surface area contributed by atoms with Gasteiger partial charge in [-0.05, 0) is 45.0 Å². The van der Waals surface area contributed by atoms with E-state index < -0.39 is 34.9 Å². The average Bonchev–Trinajstić information content (AvgIpc) is 2.67. The molecule has 2 aromatic carbocycles. The lowest BCUT2D eigenvalue weighted by Gasteiger charge is -2.27. The first-order chi connectivity index (χ1) is 12.7. The molecule has 27 heavy (non-hydrogen) atoms. The summed E-state index contributed by atoms with van der Waals surface area (Å²) in [5, 5.41) is 11.8. The van der Waals surface area contributed by atoms with Gasteiger partial charge < -0.3 is 9.47 Å². The lowest BCUT2D eigenvalue weighted by atomic mass is 9.81. The second-order valence-corrected chi connectivity index (χ2v) is 7.89. The molecule has 0 N–H and O–H groups in total. The molecule has 0 aromatic heterocycles. The molecule has 3 rings (SSSR count). The van der Waals surface area contributed by atoms with Crippen molar-refractivity contribution in [2.24, 2.45) is 0 Å². The Morgan fingerprint density at radius 2 is 1.85 bits per heavy atom. The monoisotopic (exact) mass is 389 g/mol. The van der Waals surface area contributed by atoms with Crippen LogP contribution in [0.3, 0.4) is 0 Å². The quantitative estimate of drug-likeness (QED) is 0.422. The van der Waals surface area contributed by atoms with Crippen LogP contribution in [0.5, 0.6) is 11.5 Å². The van der Waals surface area contributed by atoms with Crippen LogP contribution in [0.4, 0.5) is 0 Å². The summed E-state index contributed by atoms with van der Waals surface area (Å²) in [7, 11) is 0. The summed E-state index contributed by atoms with van der Waals surface area (Å²) in [5.74, 6) is -1.27. The molecule has 2 atom stereocenters. The van der Waals surface area contributed by atoms with Gasteiger partial charge in [0, 0.05) is 21.1 Å². The first-order valence-electron chi connectivity index (χ1n) is 8.56. The van der Waals surface area contributed by atoms with E-state index in [1.807, 2.05) is 0 Å². The summed E-state index contributed by atoms with van der Waals surface area (Å²) in [6, 6.07) is 12.0. The van der Waals surface area contributed by atoms with Gasteiger partial charge in [-0.3, -0.25) is 14.9 Å². The maximum atomic E-state index is 13.1. The average molecular weight is 390 g/mol. The number of rotatable bonds is 3. The highest BCUT2D eigenvalue weighted by atomic mass is 35.5. The van der Waals surface area contributed by atoms with Crippen molar-refractivity contribution in [3.8, 4) is 11.5 Å². The maximum absolute atomic E-state index is 13.1. The summed E-state index contributed by atoms with van der Waals surface area (Å²) in [4.78, 5) is 24.1. The number of halogens is 1. The zero-order valence-corrected chi connectivity index (χ0v) is 16.0. The van der Waals surface area contributed by atoms with E-state index in [9.17, 15) is 14.9 Å². The fourth-order valence-electron chi connectivity index (χ4n) is 3.27. The Bertz CT molecular complexity index is 890. The first-order valence-corrected chi connectivity index (χ1v) is 8.94. The van der Waals surface area contributed by atoms with Crippen LogP contribution in [0.25, 0.3) is 0 Å². The van der Waals surface area contributed by atoms with Gasteiger partial charge in [0.2, 0.25) is 6.54 Å². The van der Waals surface area contributed by atoms with Crippen molar-refractivity contribution < 1.29 is 19.2 Å². The summed E-state index contributed by atoms with van der Waals surface area (Å²) >= 11 is 6.16. The molecule has 0 bridgehead atoms. The molecule has 1 heterocycles. The van der Waals surface area contributed by atoms with Gasteiger partial charge in [0.15, 0.2) is 0 Å². The number of carbonyl (C=O) groups is 1. The largest absolute Gasteiger partial charge is 0.459 e. The Morgan fingerprint density at radius 3 is 2.52 bits per heavy atom. The van der Waals surface area contributed by atoms with Crippen LogP contribution in [0.1, 0.15) is 43.7 Å². The van der Waals surface area contributed by atoms with Crippen molar-refractivity contribution in [1.29, 1.82) is 0 Å². The fourth-order valence-corrected chi connectivity index (χ4v) is 3.45. The van der Waals surface area contributed by atoms with Gasteiger partial charge in [0.05, 0.1) is 11.8 Å². The lowest BCUT2D eigenvalue weighted by Crippen LogP contribution is -2.32. The van der Waals surface area contributed by atoms with Crippen LogP contribution in [-0.4, -0.2) is 23.0 Å². The van der Waals surface area contributed by atoms with Crippen molar-refractivity contribution in [2.45, 2.75) is 38.2 Å². The van der Waals surface area contributed by atoms with E-state index >= 15 is 0 Å². The molecule has 6 nitrogen and oxygen atoms in total. The lowest BCUT2D eigenvalue weighted by molar-refractivity contribution is -0.483. The summed E-state index contributed by atoms with van der Waals surface area (Å²) in [5.41, 5.74) is 0.346. The number of carbonyl (C=O) groups excluding carboxylic acids is 1. The topological polar surface area (TPSA) is 78.7 Å². The molecule has 0 saturated heterocycles. The molecule has 2 unspecified atom stereocenters. The molecular formula is C20H20ClNO5. The predicted molar refractivity (Wildman–Crippen MR) is 101 cm³/mol. The fraction of sp³-hybridized carbons (Fsp3) is 0.350. The highest BCUT2D eigenvalue weighted by Gasteiger charge is 2.42. The number of nitro groups is 1. The standard InChI is InChI=1S/C20H20ClNO5/c1-20(2,3)27-19(23)18-14-10-12(21)8-9-17(14)26-16-7-5-4-6-13(16)15(18)11-22(24)25/h4-10,15,18H,11H2,1-3H3. The molecule has 0 spiro atoms. The van der Waals surface area contributed by atoms with Crippen molar-refractivity contribution in [3.63, 3.8) is 0 Å². The van der Waals surface area contributed by atoms with Crippen LogP contribution in [0, 0.1) is 10.1 Å². The molecular weight excluding hydrogens is 370 g/mol. The van der Waals surface area contributed by atoms with Crippen molar-refractivity contribution in [2.75, 3.05) is 6.54 Å². The van der Waals surface area contributed by atoms with Gasteiger partial charge >= 0.3 is 5.97 Å². The van der Waals surface area contributed by atoms with E-state index in [-0.39, 0.29) is 0 Å². The molecule has 0 radical (unpaired) electrons. The third-order valence-electron chi connectivity index (χ3n) is 4.25. The normalized spacial score (nSPS) is 18.5. The van der Waals surface area contributed by atoms with Gasteiger partial charge in [-0.1, -0.05) is 29.8 Å². The minimum atomic E-state index is -0.910. The van der Waals surface area contributed by atoms with Crippen molar-refractivity contribution in [3.05, 3.63) is 68.7 Å². The molecule has 0 saturated carbocycles. The van der Waals surface area contributed by atoms with E-state index in [2.05, 4.69) is 0 Å². The molecule has 0 aliphatic carbocycles. The zero-order chi connectivity index (χ0) is 19.8. The van der Waals surface area contributed by atoms with Crippen molar-refractivity contribution >= 4 is 17.6 Å². The number of benzene rings is 2. The number of hydrogen-bond acceptors (Lipinski definition) is 5. The zero-order valence-electron chi connectivity index (χ0n) is 15.3. The maximum Gasteiger partial charge on any atom is 0.314 e. The molecule has 1 aliphatic heterocycles. The van der Waals surface area contributed by atoms with Gasteiger partial charge in [-0.2, -0.15) is 0 Å². The van der Waals surface area contributed by atoms with Gasteiger partial charge in [0.1, 0.15) is 17.1 Å². The number of esters is 1. The number of ether oxygens (including phenoxy) is 2. The Balaban J connectivity index is 2.21. The SMILES string of the molecule is CC(C)(C)OC(=O)C1c2cc(Cl)ccc2Oc2ccccc2C1C[N+](=O)[O-]. The van der Waals surface area contributed by atoms with Gasteiger partial charge in [0.25, 0.3) is 0 Å². The summed E-state index contributed by atoms with van der Waals surface area (Å²) < 4.78 is 11.6. The Labute approximate surface area is 162 Å².